The van der Waals surface area contributed by atoms with Crippen LogP contribution in [-0.2, 0) is 65.7 Å². The zero-order valence-corrected chi connectivity index (χ0v) is 58.0. The van der Waals surface area contributed by atoms with Gasteiger partial charge in [0.15, 0.2) is 0 Å². The maximum absolute atomic E-state index is 8.56. The van der Waals surface area contributed by atoms with Gasteiger partial charge < -0.3 is 30.6 Å². The number of hydrogen-bond donors (Lipinski definition) is 6. The normalized spacial score (nSPS) is 26.9. The van der Waals surface area contributed by atoms with E-state index in [0.717, 1.165) is 75.2 Å². The van der Waals surface area contributed by atoms with Crippen LogP contribution in [0.15, 0.2) is 104 Å². The summed E-state index contributed by atoms with van der Waals surface area (Å²) in [5, 5.41) is 51.4. The molecule has 85 heavy (non-hydrogen) atoms. The van der Waals surface area contributed by atoms with E-state index in [2.05, 4.69) is 86.4 Å². The summed E-state index contributed by atoms with van der Waals surface area (Å²) in [4.78, 5) is 27.3. The molecule has 8 aliphatic rings. The predicted molar refractivity (Wildman–Crippen MR) is 324 cm³/mol. The largest absolute Gasteiger partial charge is 0.393 e. The van der Waals surface area contributed by atoms with Gasteiger partial charge in [-0.25, -0.2) is 15.0 Å². The molecule has 14 rings (SSSR count). The first-order valence-electron chi connectivity index (χ1n) is 30.9. The fraction of sp³-hybridized carbons (Fsp3) is 0.571. The molecule has 6 N–H and O–H groups in total. The van der Waals surface area contributed by atoms with Gasteiger partial charge in [-0.3, -0.25) is 15.0 Å². The number of benzene rings is 3. The molecule has 0 aliphatic heterocycles. The molecule has 6 aromatic rings. The molecular formula is C70H93Ir3N6O6-3. The molecule has 3 aromatic carbocycles. The van der Waals surface area contributed by atoms with Crippen molar-refractivity contribution in [2.45, 2.75) is 211 Å². The second-order valence-electron chi connectivity index (χ2n) is 25.7. The predicted octanol–water partition coefficient (Wildman–Crippen LogP) is 12.8. The average Bonchev–Trinajstić information content (AvgIpc) is 1.92. The van der Waals surface area contributed by atoms with Gasteiger partial charge in [0.2, 0.25) is 0 Å². The summed E-state index contributed by atoms with van der Waals surface area (Å²) < 4.78 is 0. The summed E-state index contributed by atoms with van der Waals surface area (Å²) in [6.45, 7) is 12.1. The van der Waals surface area contributed by atoms with Crippen molar-refractivity contribution in [3.05, 3.63) is 145 Å². The Morgan fingerprint density at radius 1 is 0.447 bits per heavy atom. The number of rotatable bonds is 12. The van der Waals surface area contributed by atoms with Crippen molar-refractivity contribution < 1.29 is 91.0 Å². The number of aromatic nitrogens is 6. The van der Waals surface area contributed by atoms with Crippen molar-refractivity contribution in [1.82, 2.24) is 29.9 Å². The summed E-state index contributed by atoms with van der Waals surface area (Å²) in [6.07, 6.45) is 24.1. The molecule has 8 bridgehead atoms. The van der Waals surface area contributed by atoms with E-state index in [1.807, 2.05) is 48.5 Å². The number of fused-ring (bicyclic) bond motifs is 4. The van der Waals surface area contributed by atoms with Gasteiger partial charge in [0, 0.05) is 94.6 Å². The minimum Gasteiger partial charge on any atom is -0.393 e. The molecule has 0 amide bonds. The molecule has 12 nitrogen and oxygen atoms in total. The van der Waals surface area contributed by atoms with Crippen LogP contribution in [0.5, 0.6) is 0 Å². The number of aliphatic hydroxyl groups is 6. The molecule has 8 aliphatic carbocycles. The van der Waals surface area contributed by atoms with E-state index in [0.29, 0.717) is 36.5 Å². The van der Waals surface area contributed by atoms with Gasteiger partial charge >= 0.3 is 0 Å². The molecule has 3 heterocycles. The quantitative estimate of drug-likeness (QED) is 0.0635. The van der Waals surface area contributed by atoms with Crippen LogP contribution in [0.4, 0.5) is 0 Å². The van der Waals surface area contributed by atoms with Crippen molar-refractivity contribution in [3.63, 3.8) is 0 Å². The van der Waals surface area contributed by atoms with Crippen LogP contribution in [0.1, 0.15) is 185 Å². The van der Waals surface area contributed by atoms with E-state index in [-0.39, 0.29) is 96.9 Å². The van der Waals surface area contributed by atoms with Crippen LogP contribution in [0, 0.1) is 66.5 Å². The zero-order chi connectivity index (χ0) is 58.3. The Morgan fingerprint density at radius 3 is 1.25 bits per heavy atom. The van der Waals surface area contributed by atoms with E-state index in [1.165, 1.54) is 113 Å². The molecule has 15 heteroatoms. The van der Waals surface area contributed by atoms with Crippen molar-refractivity contribution in [2.24, 2.45) is 41.4 Å². The Balaban J connectivity index is 0.000000197. The molecule has 3 radical (unpaired) electrons. The molecule has 12 atom stereocenters. The van der Waals surface area contributed by atoms with Crippen molar-refractivity contribution >= 4 is 0 Å². The molecular weight excluding hydrogens is 1600 g/mol. The van der Waals surface area contributed by atoms with Crippen molar-refractivity contribution in [3.8, 4) is 33.8 Å². The molecule has 0 spiro atoms. The maximum Gasteiger partial charge on any atom is 0.105 e. The Bertz CT molecular complexity index is 2760. The third-order valence-electron chi connectivity index (χ3n) is 18.2. The van der Waals surface area contributed by atoms with Gasteiger partial charge in [0.1, 0.15) is 19.0 Å². The fourth-order valence-corrected chi connectivity index (χ4v) is 15.4. The standard InChI is InChI=1S/C20H21N2.C18H19N2.C17H17N2.3C5H12O2.3Ir/c1-2-4-17(5-3-1)18-9-19(22-13-21-18)20-10-14-6-15(11-20)8-16(7-14)12-20;1-12-17(14-5-3-2-4-6-14)19-11-20-18(12)16-10-13-7-8-15(16)9-13;1-2-4-13(5-3-1)16-10-17(19-11-18-16)15-9-12-6-7-14(15)8-12;3*1-4(6)3-5(2)7;;;/h1-4,9,13-16H,6-8,10-12H2;2-5,11,13,15-16H,7-10H2,1H3;1-4,10-12,14-15H,6-9H2;3*4-7H,3H2,1-2H3;;;/q3*-1;;;;;;. The van der Waals surface area contributed by atoms with Gasteiger partial charge in [0.05, 0.1) is 36.6 Å². The van der Waals surface area contributed by atoms with Crippen LogP contribution in [0.25, 0.3) is 33.8 Å². The Hall–Kier alpha value is -3.39. The SMILES string of the molecule is CC(O)CC(C)O.CC(O)CC(C)O.CC(O)CC(C)O.Cc1c(-c2[c-]cccc2)ncnc1C1CC2CCC1C2.[Ir].[Ir].[Ir].[c-]1ccccc1-c1cc(C23CC4CC(CC(C4)C2)C3)ncn1.[c-]1ccccc1-c1cc(C2CC3CCC2C3)ncn1. The van der Waals surface area contributed by atoms with Crippen LogP contribution >= 0.6 is 0 Å². The van der Waals surface area contributed by atoms with E-state index in [1.54, 1.807) is 60.5 Å². The first-order valence-corrected chi connectivity index (χ1v) is 30.9. The van der Waals surface area contributed by atoms with Crippen molar-refractivity contribution in [1.29, 1.82) is 0 Å². The molecule has 469 valence electrons. The Kier molecular flexibility index (Phi) is 29.9. The van der Waals surface area contributed by atoms with Gasteiger partial charge in [-0.05, 0) is 209 Å². The average molecular weight is 1690 g/mol. The van der Waals surface area contributed by atoms with E-state index >= 15 is 0 Å². The second kappa shape index (κ2) is 35.1. The van der Waals surface area contributed by atoms with Crippen LogP contribution in [0.2, 0.25) is 0 Å². The topological polar surface area (TPSA) is 199 Å². The van der Waals surface area contributed by atoms with E-state index in [4.69, 9.17) is 35.6 Å². The smallest absolute Gasteiger partial charge is 0.105 e. The first kappa shape index (κ1) is 72.4. The minimum absolute atomic E-state index is 0. The molecule has 0 saturated heterocycles. The summed E-state index contributed by atoms with van der Waals surface area (Å²) >= 11 is 0. The number of nitrogens with zero attached hydrogens (tertiary/aromatic N) is 6. The summed E-state index contributed by atoms with van der Waals surface area (Å²) in [5.74, 6) is 7.83. The third-order valence-corrected chi connectivity index (χ3v) is 18.2. The molecule has 8 saturated carbocycles. The third kappa shape index (κ3) is 21.1. The van der Waals surface area contributed by atoms with Gasteiger partial charge in [-0.2, -0.15) is 0 Å². The summed E-state index contributed by atoms with van der Waals surface area (Å²) in [6, 6.07) is 38.5. The number of hydrogen-bond acceptors (Lipinski definition) is 12. The summed E-state index contributed by atoms with van der Waals surface area (Å²) in [5.41, 5.74) is 11.8. The second-order valence-corrected chi connectivity index (χ2v) is 25.7. The summed E-state index contributed by atoms with van der Waals surface area (Å²) in [7, 11) is 0. The van der Waals surface area contributed by atoms with Crippen molar-refractivity contribution in [2.75, 3.05) is 0 Å². The van der Waals surface area contributed by atoms with Gasteiger partial charge in [-0.1, -0.05) is 25.0 Å². The first-order chi connectivity index (χ1) is 39.4. The van der Waals surface area contributed by atoms with Crippen LogP contribution in [-0.4, -0.2) is 97.2 Å². The maximum atomic E-state index is 8.56. The van der Waals surface area contributed by atoms with E-state index < -0.39 is 0 Å². The van der Waals surface area contributed by atoms with Gasteiger partial charge in [0.25, 0.3) is 0 Å². The Morgan fingerprint density at radius 2 is 0.859 bits per heavy atom. The zero-order valence-electron chi connectivity index (χ0n) is 50.9. The Labute approximate surface area is 548 Å². The number of aliphatic hydroxyl groups excluding tert-OH is 6. The molecule has 3 aromatic heterocycles. The van der Waals surface area contributed by atoms with Crippen LogP contribution < -0.4 is 0 Å². The minimum atomic E-state index is -0.375. The fourth-order valence-electron chi connectivity index (χ4n) is 15.4. The molecule has 12 unspecified atom stereocenters. The van der Waals surface area contributed by atoms with Crippen LogP contribution in [0.3, 0.4) is 0 Å². The van der Waals surface area contributed by atoms with Gasteiger partial charge in [-0.15, -0.1) is 108 Å². The molecule has 8 fully saturated rings. The monoisotopic (exact) mass is 1690 g/mol. The van der Waals surface area contributed by atoms with E-state index in [9.17, 15) is 0 Å².